The molecule has 1 heteroatoms. The van der Waals surface area contributed by atoms with Crippen LogP contribution in [0.25, 0.3) is 0 Å². The number of carbonyl (C=O) groups is 1. The van der Waals surface area contributed by atoms with E-state index in [-0.39, 0.29) is 5.41 Å². The van der Waals surface area contributed by atoms with E-state index >= 15 is 0 Å². The van der Waals surface area contributed by atoms with Crippen molar-refractivity contribution >= 4 is 6.29 Å². The lowest BCUT2D eigenvalue weighted by atomic mass is 9.86. The van der Waals surface area contributed by atoms with Crippen LogP contribution in [0.1, 0.15) is 38.3 Å². The largest absolute Gasteiger partial charge is 0.303 e. The van der Waals surface area contributed by atoms with Gasteiger partial charge >= 0.3 is 0 Å². The van der Waals surface area contributed by atoms with Crippen molar-refractivity contribution in [1.82, 2.24) is 0 Å². The quantitative estimate of drug-likeness (QED) is 0.669. The van der Waals surface area contributed by atoms with Crippen LogP contribution >= 0.6 is 0 Å². The summed E-state index contributed by atoms with van der Waals surface area (Å²) in [4.78, 5) is 10.3. The van der Waals surface area contributed by atoms with Gasteiger partial charge in [0, 0.05) is 6.42 Å². The Bertz CT molecular complexity index is 307. The standard InChI is InChI=1S/C13H18O/c1-13(2,3)12-8-4-6-11(10-12)7-5-9-14/h4,6,8-10H,5,7H2,1-3H3. The number of carbonyl (C=O) groups excluding carboxylic acids is 1. The Hall–Kier alpha value is -1.11. The van der Waals surface area contributed by atoms with Gasteiger partial charge in [-0.25, -0.2) is 0 Å². The molecule has 14 heavy (non-hydrogen) atoms. The molecule has 0 spiro atoms. The van der Waals surface area contributed by atoms with Gasteiger partial charge in [0.05, 0.1) is 0 Å². The van der Waals surface area contributed by atoms with Gasteiger partial charge in [0.25, 0.3) is 0 Å². The first kappa shape index (κ1) is 11.0. The van der Waals surface area contributed by atoms with Crippen molar-refractivity contribution < 1.29 is 4.79 Å². The molecular formula is C13H18O. The van der Waals surface area contributed by atoms with Crippen LogP contribution in [0.15, 0.2) is 24.3 Å². The summed E-state index contributed by atoms with van der Waals surface area (Å²) in [6.45, 7) is 6.60. The Morgan fingerprint density at radius 2 is 2.00 bits per heavy atom. The van der Waals surface area contributed by atoms with Gasteiger partial charge in [-0.2, -0.15) is 0 Å². The van der Waals surface area contributed by atoms with Crippen LogP contribution in [0.2, 0.25) is 0 Å². The first-order chi connectivity index (χ1) is 6.54. The fourth-order valence-corrected chi connectivity index (χ4v) is 1.42. The van der Waals surface area contributed by atoms with Crippen LogP contribution in [-0.4, -0.2) is 6.29 Å². The van der Waals surface area contributed by atoms with E-state index < -0.39 is 0 Å². The van der Waals surface area contributed by atoms with Gasteiger partial charge in [-0.05, 0) is 23.0 Å². The lowest BCUT2D eigenvalue weighted by Crippen LogP contribution is -2.11. The molecule has 0 radical (unpaired) electrons. The Morgan fingerprint density at radius 3 is 2.57 bits per heavy atom. The molecule has 0 aromatic heterocycles. The summed E-state index contributed by atoms with van der Waals surface area (Å²) in [7, 11) is 0. The average molecular weight is 190 g/mol. The number of rotatable bonds is 3. The summed E-state index contributed by atoms with van der Waals surface area (Å²) in [5, 5.41) is 0. The molecule has 76 valence electrons. The zero-order chi connectivity index (χ0) is 10.6. The minimum absolute atomic E-state index is 0.192. The van der Waals surface area contributed by atoms with Gasteiger partial charge in [0.1, 0.15) is 6.29 Å². The minimum Gasteiger partial charge on any atom is -0.303 e. The van der Waals surface area contributed by atoms with Gasteiger partial charge in [0.2, 0.25) is 0 Å². The van der Waals surface area contributed by atoms with Crippen molar-refractivity contribution in [2.24, 2.45) is 0 Å². The summed E-state index contributed by atoms with van der Waals surface area (Å²) in [5.74, 6) is 0. The second-order valence-corrected chi connectivity index (χ2v) is 4.66. The van der Waals surface area contributed by atoms with Gasteiger partial charge in [-0.3, -0.25) is 0 Å². The molecule has 1 aromatic carbocycles. The fourth-order valence-electron chi connectivity index (χ4n) is 1.42. The maximum Gasteiger partial charge on any atom is 0.120 e. The maximum absolute atomic E-state index is 10.3. The summed E-state index contributed by atoms with van der Waals surface area (Å²) in [5.41, 5.74) is 2.78. The molecule has 0 heterocycles. The molecule has 0 amide bonds. The molecule has 0 saturated heterocycles. The number of benzene rings is 1. The molecule has 0 fully saturated rings. The highest BCUT2D eigenvalue weighted by Gasteiger charge is 2.13. The van der Waals surface area contributed by atoms with Gasteiger partial charge in [-0.15, -0.1) is 0 Å². The van der Waals surface area contributed by atoms with Crippen LogP contribution in [0.3, 0.4) is 0 Å². The van der Waals surface area contributed by atoms with Crippen molar-refractivity contribution in [1.29, 1.82) is 0 Å². The third kappa shape index (κ3) is 2.99. The van der Waals surface area contributed by atoms with Crippen molar-refractivity contribution in [3.8, 4) is 0 Å². The van der Waals surface area contributed by atoms with E-state index in [0.717, 1.165) is 12.7 Å². The summed E-state index contributed by atoms with van der Waals surface area (Å²) in [6.07, 6.45) is 2.45. The Labute approximate surface area is 86.1 Å². The molecule has 0 aliphatic heterocycles. The van der Waals surface area contributed by atoms with E-state index in [1.165, 1.54) is 11.1 Å². The predicted molar refractivity (Wildman–Crippen MR) is 59.5 cm³/mol. The zero-order valence-corrected chi connectivity index (χ0v) is 9.21. The highest BCUT2D eigenvalue weighted by molar-refractivity contribution is 5.50. The Kier molecular flexibility index (Phi) is 3.45. The minimum atomic E-state index is 0.192. The van der Waals surface area contributed by atoms with Crippen LogP contribution in [-0.2, 0) is 16.6 Å². The third-order valence-corrected chi connectivity index (χ3v) is 2.34. The molecule has 0 atom stereocenters. The number of hydrogen-bond acceptors (Lipinski definition) is 1. The first-order valence-electron chi connectivity index (χ1n) is 5.07. The average Bonchev–Trinajstić information content (AvgIpc) is 2.14. The third-order valence-electron chi connectivity index (χ3n) is 2.34. The molecule has 1 rings (SSSR count). The predicted octanol–water partition coefficient (Wildman–Crippen LogP) is 3.12. The zero-order valence-electron chi connectivity index (χ0n) is 9.21. The molecule has 1 nitrogen and oxygen atoms in total. The molecule has 0 bridgehead atoms. The summed E-state index contributed by atoms with van der Waals surface area (Å²) < 4.78 is 0. The molecular weight excluding hydrogens is 172 g/mol. The van der Waals surface area contributed by atoms with Gasteiger partial charge in [-0.1, -0.05) is 45.0 Å². The number of aldehydes is 1. The van der Waals surface area contributed by atoms with Crippen molar-refractivity contribution in [3.63, 3.8) is 0 Å². The van der Waals surface area contributed by atoms with Crippen LogP contribution in [0, 0.1) is 0 Å². The highest BCUT2D eigenvalue weighted by Crippen LogP contribution is 2.22. The van der Waals surface area contributed by atoms with E-state index in [2.05, 4.69) is 45.0 Å². The maximum atomic E-state index is 10.3. The fraction of sp³-hybridized carbons (Fsp3) is 0.462. The number of aryl methyl sites for hydroxylation is 1. The lowest BCUT2D eigenvalue weighted by molar-refractivity contribution is -0.107. The van der Waals surface area contributed by atoms with E-state index in [0.29, 0.717) is 6.42 Å². The molecule has 0 aliphatic rings. The second-order valence-electron chi connectivity index (χ2n) is 4.66. The van der Waals surface area contributed by atoms with E-state index in [9.17, 15) is 4.79 Å². The van der Waals surface area contributed by atoms with Crippen LogP contribution in [0.5, 0.6) is 0 Å². The molecule has 0 N–H and O–H groups in total. The van der Waals surface area contributed by atoms with E-state index in [4.69, 9.17) is 0 Å². The molecule has 0 unspecified atom stereocenters. The normalized spacial score (nSPS) is 11.4. The summed E-state index contributed by atoms with van der Waals surface area (Å²) in [6, 6.07) is 8.49. The smallest absolute Gasteiger partial charge is 0.120 e. The highest BCUT2D eigenvalue weighted by atomic mass is 16.1. The van der Waals surface area contributed by atoms with Crippen molar-refractivity contribution in [2.75, 3.05) is 0 Å². The van der Waals surface area contributed by atoms with Crippen molar-refractivity contribution in [2.45, 2.75) is 39.0 Å². The monoisotopic (exact) mass is 190 g/mol. The van der Waals surface area contributed by atoms with Crippen LogP contribution in [0.4, 0.5) is 0 Å². The van der Waals surface area contributed by atoms with Crippen molar-refractivity contribution in [3.05, 3.63) is 35.4 Å². The molecule has 0 aliphatic carbocycles. The van der Waals surface area contributed by atoms with Crippen LogP contribution < -0.4 is 0 Å². The molecule has 1 aromatic rings. The first-order valence-corrected chi connectivity index (χ1v) is 5.07. The number of hydrogen-bond donors (Lipinski definition) is 0. The Morgan fingerprint density at radius 1 is 1.29 bits per heavy atom. The Balaban J connectivity index is 2.84. The van der Waals surface area contributed by atoms with Gasteiger partial charge < -0.3 is 4.79 Å². The molecule has 0 saturated carbocycles. The van der Waals surface area contributed by atoms with E-state index in [1.54, 1.807) is 0 Å². The van der Waals surface area contributed by atoms with Gasteiger partial charge in [0.15, 0.2) is 0 Å². The SMILES string of the molecule is CC(C)(C)c1cccc(CCC=O)c1. The second kappa shape index (κ2) is 4.41. The topological polar surface area (TPSA) is 17.1 Å². The summed E-state index contributed by atoms with van der Waals surface area (Å²) >= 11 is 0. The van der Waals surface area contributed by atoms with E-state index in [1.807, 2.05) is 0 Å². The lowest BCUT2D eigenvalue weighted by Gasteiger charge is -2.19.